The van der Waals surface area contributed by atoms with E-state index in [9.17, 15) is 0 Å². The number of hydrogen-bond donors (Lipinski definition) is 0. The van der Waals surface area contributed by atoms with Crippen molar-refractivity contribution in [1.29, 1.82) is 0 Å². The van der Waals surface area contributed by atoms with Gasteiger partial charge in [0.1, 0.15) is 0 Å². The third kappa shape index (κ3) is 4.99. The van der Waals surface area contributed by atoms with Crippen LogP contribution >= 0.6 is 0 Å². The fourth-order valence-electron chi connectivity index (χ4n) is 14.9. The van der Waals surface area contributed by atoms with Crippen molar-refractivity contribution in [2.75, 3.05) is 0 Å². The summed E-state index contributed by atoms with van der Waals surface area (Å²) in [7, 11) is 0. The highest BCUT2D eigenvalue weighted by atomic mass is 15.0. The molecule has 342 valence electrons. The van der Waals surface area contributed by atoms with Gasteiger partial charge in [0.2, 0.25) is 0 Å². The van der Waals surface area contributed by atoms with Crippen LogP contribution in [0.4, 0.5) is 0 Å². The topological polar surface area (TPSA) is 9.86 Å². The average Bonchev–Trinajstić information content (AvgIpc) is 4.37. The quantitative estimate of drug-likeness (QED) is 0.163. The van der Waals surface area contributed by atoms with Gasteiger partial charge in [-0.15, -0.1) is 0 Å². The molecule has 2 nitrogen and oxygen atoms in total. The third-order valence-corrected chi connectivity index (χ3v) is 17.9. The number of aromatic nitrogens is 2. The lowest BCUT2D eigenvalue weighted by Gasteiger charge is -2.30. The molecule has 2 aromatic heterocycles. The molecule has 0 atom stereocenters. The van der Waals surface area contributed by atoms with Crippen molar-refractivity contribution in [2.24, 2.45) is 0 Å². The summed E-state index contributed by atoms with van der Waals surface area (Å²) in [5.74, 6) is 0. The molecule has 0 amide bonds. The molecule has 17 rings (SSSR count). The van der Waals surface area contributed by atoms with E-state index in [-0.39, 0.29) is 0 Å². The summed E-state index contributed by atoms with van der Waals surface area (Å²) < 4.78 is 5.23. The Bertz CT molecular complexity index is 4420. The van der Waals surface area contributed by atoms with E-state index in [4.69, 9.17) is 0 Å². The second-order valence-electron chi connectivity index (χ2n) is 21.2. The maximum atomic E-state index is 2.62. The molecule has 12 aromatic rings. The molecule has 73 heavy (non-hydrogen) atoms. The Kier molecular flexibility index (Phi) is 7.79. The molecule has 0 unspecified atom stereocenters. The standard InChI is InChI=1S/C71H48N2/c1-3-41-33-45-25-29-47(35-57(45)49(41)4-2)72-67-39-65-59(37-61(67)55-31-27-42-15-5-9-19-51(42)69(55)72)60-38-62-56-32-28-43-16-6-10-20-52(43)70(56)73(48-30-26-46-34-44-17-7-8-18-50(44)58(46)36-48)68(62)40-66(60)71(65)63-23-13-11-21-53(63)54-22-12-14-24-64(54)71/h3-6,9-32,35-40H,7-8,33-34H2,1-2H3/b41-3-,49-4+. The van der Waals surface area contributed by atoms with Crippen LogP contribution < -0.4 is 0 Å². The molecular weight excluding hydrogens is 881 g/mol. The van der Waals surface area contributed by atoms with E-state index in [1.807, 2.05) is 0 Å². The molecule has 10 aromatic carbocycles. The maximum Gasteiger partial charge on any atom is 0.0727 e. The van der Waals surface area contributed by atoms with E-state index < -0.39 is 5.41 Å². The third-order valence-electron chi connectivity index (χ3n) is 17.9. The number of allylic oxidation sites excluding steroid dienone is 8. The van der Waals surface area contributed by atoms with Gasteiger partial charge in [-0.2, -0.15) is 0 Å². The van der Waals surface area contributed by atoms with Crippen LogP contribution in [-0.2, 0) is 18.3 Å². The van der Waals surface area contributed by atoms with Crippen molar-refractivity contribution in [3.05, 3.63) is 262 Å². The van der Waals surface area contributed by atoms with E-state index in [2.05, 4.69) is 229 Å². The predicted octanol–water partition coefficient (Wildman–Crippen LogP) is 18.1. The van der Waals surface area contributed by atoms with Gasteiger partial charge in [-0.25, -0.2) is 0 Å². The summed E-state index contributed by atoms with van der Waals surface area (Å²) in [6.07, 6.45) is 13.8. The van der Waals surface area contributed by atoms with Crippen LogP contribution in [0.25, 0.3) is 110 Å². The molecule has 0 radical (unpaired) electrons. The molecule has 0 saturated heterocycles. The SMILES string of the molecule is C/C=C1/Cc2ccc(-n3c4cc5c(cc4c4ccc6ccccc6c43)-c3cc4c6ccc7ccccc7c6n(-c6ccc7c(c6)C6=CCCC=C6C7)c4cc3C53c4ccccc4-c4ccccc43)cc2/C1=C/C. The van der Waals surface area contributed by atoms with E-state index in [1.54, 1.807) is 0 Å². The van der Waals surface area contributed by atoms with Gasteiger partial charge < -0.3 is 9.13 Å². The first-order valence-electron chi connectivity index (χ1n) is 26.3. The van der Waals surface area contributed by atoms with E-state index in [0.29, 0.717) is 0 Å². The molecule has 1 spiro atoms. The lowest BCUT2D eigenvalue weighted by atomic mass is 9.70. The molecular formula is C71H48N2. The Morgan fingerprint density at radius 1 is 0.397 bits per heavy atom. The molecule has 2 heteroatoms. The molecule has 0 fully saturated rings. The highest BCUT2D eigenvalue weighted by Gasteiger charge is 2.52. The smallest absolute Gasteiger partial charge is 0.0727 e. The Labute approximate surface area is 423 Å². The summed E-state index contributed by atoms with van der Waals surface area (Å²) >= 11 is 0. The normalized spacial score (nSPS) is 16.7. The zero-order chi connectivity index (χ0) is 47.8. The second-order valence-corrected chi connectivity index (χ2v) is 21.2. The zero-order valence-corrected chi connectivity index (χ0v) is 40.9. The number of rotatable bonds is 2. The van der Waals surface area contributed by atoms with Crippen LogP contribution in [0.1, 0.15) is 71.2 Å². The van der Waals surface area contributed by atoms with Gasteiger partial charge in [0, 0.05) is 43.7 Å². The highest BCUT2D eigenvalue weighted by molar-refractivity contribution is 6.22. The first-order chi connectivity index (χ1) is 36.1. The predicted molar refractivity (Wildman–Crippen MR) is 307 cm³/mol. The zero-order valence-electron chi connectivity index (χ0n) is 40.9. The van der Waals surface area contributed by atoms with Crippen LogP contribution in [0.3, 0.4) is 0 Å². The summed E-state index contributed by atoms with van der Waals surface area (Å²) in [6, 6.07) is 70.9. The summed E-state index contributed by atoms with van der Waals surface area (Å²) in [4.78, 5) is 0. The molecule has 0 aliphatic heterocycles. The van der Waals surface area contributed by atoms with Crippen LogP contribution in [0.2, 0.25) is 0 Å². The van der Waals surface area contributed by atoms with Crippen molar-refractivity contribution in [3.8, 4) is 33.6 Å². The van der Waals surface area contributed by atoms with Crippen molar-refractivity contribution < 1.29 is 0 Å². The average molecular weight is 929 g/mol. The van der Waals surface area contributed by atoms with Crippen molar-refractivity contribution >= 4 is 76.3 Å². The van der Waals surface area contributed by atoms with Gasteiger partial charge in [-0.05, 0) is 188 Å². The number of nitrogens with zero attached hydrogens (tertiary/aromatic N) is 2. The molecule has 5 aliphatic carbocycles. The number of fused-ring (bicyclic) bond motifs is 24. The van der Waals surface area contributed by atoms with Gasteiger partial charge in [0.15, 0.2) is 0 Å². The van der Waals surface area contributed by atoms with Crippen LogP contribution in [0.5, 0.6) is 0 Å². The Morgan fingerprint density at radius 2 is 0.932 bits per heavy atom. The minimum atomic E-state index is -0.575. The fourth-order valence-corrected chi connectivity index (χ4v) is 14.9. The first-order valence-corrected chi connectivity index (χ1v) is 26.3. The monoisotopic (exact) mass is 928 g/mol. The Balaban J connectivity index is 1.02. The van der Waals surface area contributed by atoms with Gasteiger partial charge in [-0.1, -0.05) is 158 Å². The van der Waals surface area contributed by atoms with E-state index in [0.717, 1.165) is 25.7 Å². The van der Waals surface area contributed by atoms with Gasteiger partial charge in [0.05, 0.1) is 27.5 Å². The van der Waals surface area contributed by atoms with Gasteiger partial charge in [-0.3, -0.25) is 0 Å². The van der Waals surface area contributed by atoms with Crippen LogP contribution in [0, 0.1) is 0 Å². The largest absolute Gasteiger partial charge is 0.309 e. The van der Waals surface area contributed by atoms with Gasteiger partial charge in [0.25, 0.3) is 0 Å². The van der Waals surface area contributed by atoms with Crippen molar-refractivity contribution in [3.63, 3.8) is 0 Å². The van der Waals surface area contributed by atoms with E-state index >= 15 is 0 Å². The maximum absolute atomic E-state index is 2.62. The minimum absolute atomic E-state index is 0.575. The van der Waals surface area contributed by atoms with Gasteiger partial charge >= 0.3 is 0 Å². The minimum Gasteiger partial charge on any atom is -0.309 e. The molecule has 0 saturated carbocycles. The Hall–Kier alpha value is -8.72. The second kappa shape index (κ2) is 14.2. The highest BCUT2D eigenvalue weighted by Crippen LogP contribution is 2.64. The molecule has 0 N–H and O–H groups in total. The lowest BCUT2D eigenvalue weighted by molar-refractivity contribution is 0.795. The summed E-state index contributed by atoms with van der Waals surface area (Å²) in [6.45, 7) is 4.37. The van der Waals surface area contributed by atoms with Crippen LogP contribution in [0.15, 0.2) is 217 Å². The molecule has 5 aliphatic rings. The number of hydrogen-bond acceptors (Lipinski definition) is 0. The fraction of sp³-hybridized carbons (Fsp3) is 0.0986. The lowest BCUT2D eigenvalue weighted by Crippen LogP contribution is -2.26. The van der Waals surface area contributed by atoms with Crippen LogP contribution in [-0.4, -0.2) is 9.13 Å². The molecule has 2 heterocycles. The van der Waals surface area contributed by atoms with E-state index in [1.165, 1.54) is 166 Å². The van der Waals surface area contributed by atoms with Crippen molar-refractivity contribution in [2.45, 2.75) is 44.9 Å². The Morgan fingerprint density at radius 3 is 1.52 bits per heavy atom. The number of benzene rings is 10. The molecule has 0 bridgehead atoms. The first kappa shape index (κ1) is 39.9. The summed E-state index contributed by atoms with van der Waals surface area (Å²) in [5.41, 5.74) is 28.8. The summed E-state index contributed by atoms with van der Waals surface area (Å²) in [5, 5.41) is 10.2. The van der Waals surface area contributed by atoms with Crippen molar-refractivity contribution in [1.82, 2.24) is 9.13 Å².